The summed E-state index contributed by atoms with van der Waals surface area (Å²) in [5, 5.41) is 1.16. The standard InChI is InChI=1S/C21H28O3S/c1-8-14(10-16(9-2)24-21(3,4)5)19-12-15-11-17(22-6)18(23-7)13-20(15)25-19/h8-9,11-13H,10H2,1-7H3/b14-8+,16-9-. The minimum atomic E-state index is -0.193. The summed E-state index contributed by atoms with van der Waals surface area (Å²) in [6.45, 7) is 10.3. The van der Waals surface area contributed by atoms with Gasteiger partial charge in [-0.3, -0.25) is 0 Å². The van der Waals surface area contributed by atoms with E-state index in [1.54, 1.807) is 25.6 Å². The third-order valence-corrected chi connectivity index (χ3v) is 4.98. The normalized spacial score (nSPS) is 13.2. The van der Waals surface area contributed by atoms with E-state index in [2.05, 4.69) is 39.8 Å². The van der Waals surface area contributed by atoms with Gasteiger partial charge >= 0.3 is 0 Å². The van der Waals surface area contributed by atoms with Gasteiger partial charge in [0.1, 0.15) is 5.60 Å². The van der Waals surface area contributed by atoms with Crippen molar-refractivity contribution in [3.05, 3.63) is 41.0 Å². The van der Waals surface area contributed by atoms with E-state index in [4.69, 9.17) is 14.2 Å². The summed E-state index contributed by atoms with van der Waals surface area (Å²) in [5.41, 5.74) is 1.07. The Morgan fingerprint density at radius 2 is 1.64 bits per heavy atom. The van der Waals surface area contributed by atoms with Crippen LogP contribution in [0.4, 0.5) is 0 Å². The summed E-state index contributed by atoms with van der Waals surface area (Å²) in [6.07, 6.45) is 4.99. The lowest BCUT2D eigenvalue weighted by Crippen LogP contribution is -2.18. The van der Waals surface area contributed by atoms with Crippen LogP contribution in [0, 0.1) is 0 Å². The molecule has 0 aliphatic heterocycles. The molecule has 0 atom stereocenters. The van der Waals surface area contributed by atoms with Crippen molar-refractivity contribution < 1.29 is 14.2 Å². The second-order valence-electron chi connectivity index (χ2n) is 6.82. The zero-order valence-corrected chi connectivity index (χ0v) is 17.0. The van der Waals surface area contributed by atoms with Crippen molar-refractivity contribution in [2.45, 2.75) is 46.6 Å². The van der Waals surface area contributed by atoms with Crippen molar-refractivity contribution in [2.24, 2.45) is 0 Å². The highest BCUT2D eigenvalue weighted by Gasteiger charge is 2.16. The average molecular weight is 361 g/mol. The number of hydrogen-bond donors (Lipinski definition) is 0. The fraction of sp³-hybridized carbons (Fsp3) is 0.429. The second-order valence-corrected chi connectivity index (χ2v) is 7.90. The summed E-state index contributed by atoms with van der Waals surface area (Å²) in [7, 11) is 3.33. The van der Waals surface area contributed by atoms with Crippen molar-refractivity contribution >= 4 is 27.0 Å². The molecule has 0 amide bonds. The van der Waals surface area contributed by atoms with Crippen molar-refractivity contribution in [2.75, 3.05) is 14.2 Å². The van der Waals surface area contributed by atoms with Crippen LogP contribution in [-0.2, 0) is 4.74 Å². The highest BCUT2D eigenvalue weighted by atomic mass is 32.1. The van der Waals surface area contributed by atoms with Crippen LogP contribution in [-0.4, -0.2) is 19.8 Å². The molecule has 136 valence electrons. The van der Waals surface area contributed by atoms with Crippen molar-refractivity contribution in [1.29, 1.82) is 0 Å². The van der Waals surface area contributed by atoms with Crippen LogP contribution in [0.25, 0.3) is 15.7 Å². The highest BCUT2D eigenvalue weighted by Crippen LogP contribution is 2.39. The molecule has 0 fully saturated rings. The van der Waals surface area contributed by atoms with Gasteiger partial charge in [0.15, 0.2) is 11.5 Å². The summed E-state index contributed by atoms with van der Waals surface area (Å²) < 4.78 is 18.1. The average Bonchev–Trinajstić information content (AvgIpc) is 2.98. The molecule has 0 spiro atoms. The quantitative estimate of drug-likeness (QED) is 0.555. The summed E-state index contributed by atoms with van der Waals surface area (Å²) in [4.78, 5) is 1.24. The molecule has 1 aromatic heterocycles. The lowest BCUT2D eigenvalue weighted by Gasteiger charge is -2.24. The maximum Gasteiger partial charge on any atom is 0.162 e. The van der Waals surface area contributed by atoms with Gasteiger partial charge < -0.3 is 14.2 Å². The lowest BCUT2D eigenvalue weighted by molar-refractivity contribution is 0.0499. The molecule has 0 saturated carbocycles. The third-order valence-electron chi connectivity index (χ3n) is 3.81. The highest BCUT2D eigenvalue weighted by molar-refractivity contribution is 7.20. The Hall–Kier alpha value is -1.94. The third kappa shape index (κ3) is 4.79. The Kier molecular flexibility index (Phi) is 6.17. The van der Waals surface area contributed by atoms with Gasteiger partial charge in [-0.25, -0.2) is 0 Å². The molecule has 0 radical (unpaired) electrons. The predicted molar refractivity (Wildman–Crippen MR) is 108 cm³/mol. The van der Waals surface area contributed by atoms with Gasteiger partial charge in [-0.15, -0.1) is 11.3 Å². The van der Waals surface area contributed by atoms with Crippen molar-refractivity contribution in [3.63, 3.8) is 0 Å². The fourth-order valence-corrected chi connectivity index (χ4v) is 3.78. The van der Waals surface area contributed by atoms with Gasteiger partial charge in [-0.1, -0.05) is 6.08 Å². The van der Waals surface area contributed by atoms with Crippen LogP contribution in [0.2, 0.25) is 0 Å². The Morgan fingerprint density at radius 3 is 2.16 bits per heavy atom. The van der Waals surface area contributed by atoms with Crippen LogP contribution < -0.4 is 9.47 Å². The molecule has 0 N–H and O–H groups in total. The molecular formula is C21H28O3S. The van der Waals surface area contributed by atoms with Crippen LogP contribution in [0.5, 0.6) is 11.5 Å². The molecule has 25 heavy (non-hydrogen) atoms. The fourth-order valence-electron chi connectivity index (χ4n) is 2.63. The molecule has 0 aliphatic rings. The number of thiophene rings is 1. The smallest absolute Gasteiger partial charge is 0.162 e. The lowest BCUT2D eigenvalue weighted by atomic mass is 10.1. The van der Waals surface area contributed by atoms with Gasteiger partial charge in [0.05, 0.1) is 20.0 Å². The van der Waals surface area contributed by atoms with E-state index in [1.807, 2.05) is 25.1 Å². The molecule has 2 aromatic rings. The molecule has 2 rings (SSSR count). The molecular weight excluding hydrogens is 332 g/mol. The maximum absolute atomic E-state index is 6.07. The minimum Gasteiger partial charge on any atom is -0.493 e. The second kappa shape index (κ2) is 7.96. The van der Waals surface area contributed by atoms with E-state index in [1.165, 1.54) is 15.2 Å². The zero-order chi connectivity index (χ0) is 18.6. The van der Waals surface area contributed by atoms with Crippen molar-refractivity contribution in [3.8, 4) is 11.5 Å². The first-order valence-electron chi connectivity index (χ1n) is 8.46. The first-order valence-corrected chi connectivity index (χ1v) is 9.28. The van der Waals surface area contributed by atoms with Gasteiger partial charge in [0.25, 0.3) is 0 Å². The van der Waals surface area contributed by atoms with Crippen LogP contribution in [0.1, 0.15) is 45.9 Å². The SMILES string of the molecule is C/C=C(/C/C(=C\C)c1cc2cc(OC)c(OC)cc2s1)OC(C)(C)C. The number of allylic oxidation sites excluding steroid dienone is 3. The monoisotopic (exact) mass is 360 g/mol. The largest absolute Gasteiger partial charge is 0.493 e. The maximum atomic E-state index is 6.07. The number of benzene rings is 1. The number of hydrogen-bond acceptors (Lipinski definition) is 4. The molecule has 1 aromatic carbocycles. The van der Waals surface area contributed by atoms with Crippen LogP contribution in [0.3, 0.4) is 0 Å². The van der Waals surface area contributed by atoms with Gasteiger partial charge in [0.2, 0.25) is 0 Å². The summed E-state index contributed by atoms with van der Waals surface area (Å²) in [5.74, 6) is 2.51. The molecule has 0 bridgehead atoms. The molecule has 0 unspecified atom stereocenters. The van der Waals surface area contributed by atoms with Gasteiger partial charge in [-0.2, -0.15) is 0 Å². The molecule has 4 heteroatoms. The van der Waals surface area contributed by atoms with E-state index < -0.39 is 0 Å². The molecule has 1 heterocycles. The predicted octanol–water partition coefficient (Wildman–Crippen LogP) is 6.43. The van der Waals surface area contributed by atoms with Gasteiger partial charge in [0, 0.05) is 22.1 Å². The van der Waals surface area contributed by atoms with E-state index in [9.17, 15) is 0 Å². The van der Waals surface area contributed by atoms with Crippen LogP contribution in [0.15, 0.2) is 36.1 Å². The Bertz CT molecular complexity index is 750. The minimum absolute atomic E-state index is 0.193. The number of ether oxygens (including phenoxy) is 3. The number of rotatable bonds is 6. The molecule has 0 saturated heterocycles. The summed E-state index contributed by atoms with van der Waals surface area (Å²) in [6, 6.07) is 6.28. The Morgan fingerprint density at radius 1 is 1.00 bits per heavy atom. The van der Waals surface area contributed by atoms with E-state index in [-0.39, 0.29) is 5.60 Å². The Balaban J connectivity index is 2.35. The van der Waals surface area contributed by atoms with Crippen molar-refractivity contribution in [1.82, 2.24) is 0 Å². The summed E-state index contributed by atoms with van der Waals surface area (Å²) >= 11 is 1.76. The topological polar surface area (TPSA) is 27.7 Å². The zero-order valence-electron chi connectivity index (χ0n) is 16.2. The van der Waals surface area contributed by atoms with Crippen LogP contribution >= 0.6 is 11.3 Å². The van der Waals surface area contributed by atoms with Gasteiger partial charge in [-0.05, 0) is 63.8 Å². The van der Waals surface area contributed by atoms with E-state index in [0.29, 0.717) is 0 Å². The first-order chi connectivity index (χ1) is 11.8. The van der Waals surface area contributed by atoms with E-state index >= 15 is 0 Å². The molecule has 0 aliphatic carbocycles. The van der Waals surface area contributed by atoms with E-state index in [0.717, 1.165) is 29.1 Å². The first kappa shape index (κ1) is 19.4. The Labute approximate surface area is 154 Å². The number of fused-ring (bicyclic) bond motifs is 1. The molecule has 3 nitrogen and oxygen atoms in total. The number of methoxy groups -OCH3 is 2.